The molecule has 110 valence electrons. The van der Waals surface area contributed by atoms with E-state index in [4.69, 9.17) is 21.1 Å². The lowest BCUT2D eigenvalue weighted by molar-refractivity contribution is -0.133. The minimum atomic E-state index is -0.169. The zero-order valence-corrected chi connectivity index (χ0v) is 12.7. The molecule has 0 fully saturated rings. The Morgan fingerprint density at radius 2 is 2.10 bits per heavy atom. The highest BCUT2D eigenvalue weighted by Gasteiger charge is 2.16. The molecular weight excluding hydrogens is 282 g/mol. The van der Waals surface area contributed by atoms with Gasteiger partial charge in [0.15, 0.2) is 18.1 Å². The molecule has 1 amide bonds. The summed E-state index contributed by atoms with van der Waals surface area (Å²) in [5, 5.41) is 0.228. The van der Waals surface area contributed by atoms with Crippen molar-refractivity contribution in [3.05, 3.63) is 22.7 Å². The first-order valence-corrected chi connectivity index (χ1v) is 6.49. The van der Waals surface area contributed by atoms with Crippen molar-refractivity contribution in [1.82, 2.24) is 4.90 Å². The van der Waals surface area contributed by atoms with E-state index in [1.807, 2.05) is 13.8 Å². The van der Waals surface area contributed by atoms with Crippen LogP contribution < -0.4 is 9.47 Å². The molecule has 0 aliphatic carbocycles. The summed E-state index contributed by atoms with van der Waals surface area (Å²) in [6.07, 6.45) is 0.663. The third-order valence-electron chi connectivity index (χ3n) is 2.90. The third kappa shape index (κ3) is 3.87. The highest BCUT2D eigenvalue weighted by atomic mass is 35.5. The van der Waals surface area contributed by atoms with Gasteiger partial charge in [0, 0.05) is 18.7 Å². The Labute approximate surface area is 123 Å². The second-order valence-electron chi connectivity index (χ2n) is 4.54. The molecule has 0 aromatic heterocycles. The van der Waals surface area contributed by atoms with Crippen LogP contribution in [-0.4, -0.2) is 43.9 Å². The molecule has 6 heteroatoms. The third-order valence-corrected chi connectivity index (χ3v) is 3.18. The Bertz CT molecular complexity index is 502. The van der Waals surface area contributed by atoms with Crippen molar-refractivity contribution in [3.63, 3.8) is 0 Å². The van der Waals surface area contributed by atoms with Crippen molar-refractivity contribution in [3.8, 4) is 11.5 Å². The first-order valence-electron chi connectivity index (χ1n) is 6.11. The number of ether oxygens (including phenoxy) is 2. The maximum absolute atomic E-state index is 11.9. The molecule has 0 heterocycles. The van der Waals surface area contributed by atoms with Gasteiger partial charge in [-0.15, -0.1) is 0 Å². The van der Waals surface area contributed by atoms with E-state index in [1.54, 1.807) is 11.9 Å². The summed E-state index contributed by atoms with van der Waals surface area (Å²) in [5.74, 6) is 0.405. The Balaban J connectivity index is 2.87. The molecule has 1 rings (SSSR count). The SMILES string of the molecule is COc1cc(C=O)cc(Cl)c1OCC(=O)N(C)C(C)C. The summed E-state index contributed by atoms with van der Waals surface area (Å²) in [5.41, 5.74) is 0.379. The molecule has 1 aromatic carbocycles. The topological polar surface area (TPSA) is 55.8 Å². The Hall–Kier alpha value is -1.75. The lowest BCUT2D eigenvalue weighted by Crippen LogP contribution is -2.36. The number of rotatable bonds is 6. The highest BCUT2D eigenvalue weighted by Crippen LogP contribution is 2.36. The predicted molar refractivity (Wildman–Crippen MR) is 76.8 cm³/mol. The first-order chi connectivity index (χ1) is 9.40. The van der Waals surface area contributed by atoms with Gasteiger partial charge in [0.1, 0.15) is 6.29 Å². The summed E-state index contributed by atoms with van der Waals surface area (Å²) in [6, 6.07) is 3.05. The van der Waals surface area contributed by atoms with Crippen molar-refractivity contribution in [2.24, 2.45) is 0 Å². The number of carbonyl (C=O) groups is 2. The molecule has 0 aliphatic heterocycles. The first kappa shape index (κ1) is 16.3. The molecule has 0 N–H and O–H groups in total. The van der Waals surface area contributed by atoms with Gasteiger partial charge in [-0.25, -0.2) is 0 Å². The van der Waals surface area contributed by atoms with Crippen LogP contribution in [0.15, 0.2) is 12.1 Å². The van der Waals surface area contributed by atoms with Crippen molar-refractivity contribution < 1.29 is 19.1 Å². The number of halogens is 1. The van der Waals surface area contributed by atoms with E-state index >= 15 is 0 Å². The van der Waals surface area contributed by atoms with Gasteiger partial charge in [-0.1, -0.05) is 11.6 Å². The van der Waals surface area contributed by atoms with Crippen molar-refractivity contribution in [1.29, 1.82) is 0 Å². The highest BCUT2D eigenvalue weighted by molar-refractivity contribution is 6.32. The second kappa shape index (κ2) is 7.14. The molecule has 1 aromatic rings. The molecule has 0 atom stereocenters. The Kier molecular flexibility index (Phi) is 5.82. The van der Waals surface area contributed by atoms with Gasteiger partial charge in [0.05, 0.1) is 12.1 Å². The van der Waals surface area contributed by atoms with E-state index in [-0.39, 0.29) is 29.3 Å². The minimum absolute atomic E-state index is 0.0842. The summed E-state index contributed by atoms with van der Waals surface area (Å²) in [6.45, 7) is 3.67. The van der Waals surface area contributed by atoms with Crippen LogP contribution in [0.3, 0.4) is 0 Å². The van der Waals surface area contributed by atoms with Crippen LogP contribution in [0.1, 0.15) is 24.2 Å². The molecule has 0 saturated heterocycles. The maximum atomic E-state index is 11.9. The largest absolute Gasteiger partial charge is 0.493 e. The molecule has 0 unspecified atom stereocenters. The van der Waals surface area contributed by atoms with Gasteiger partial charge in [-0.2, -0.15) is 0 Å². The van der Waals surface area contributed by atoms with Crippen LogP contribution >= 0.6 is 11.6 Å². The minimum Gasteiger partial charge on any atom is -0.493 e. The van der Waals surface area contributed by atoms with E-state index in [0.717, 1.165) is 0 Å². The van der Waals surface area contributed by atoms with Crippen LogP contribution in [0, 0.1) is 0 Å². The van der Waals surface area contributed by atoms with Gasteiger partial charge in [0.25, 0.3) is 5.91 Å². The number of hydrogen-bond acceptors (Lipinski definition) is 4. The van der Waals surface area contributed by atoms with E-state index < -0.39 is 0 Å². The molecule has 0 bridgehead atoms. The smallest absolute Gasteiger partial charge is 0.260 e. The summed E-state index contributed by atoms with van der Waals surface area (Å²) in [7, 11) is 3.14. The lowest BCUT2D eigenvalue weighted by atomic mass is 10.2. The van der Waals surface area contributed by atoms with E-state index in [0.29, 0.717) is 17.6 Å². The molecule has 0 radical (unpaired) electrons. The number of benzene rings is 1. The number of methoxy groups -OCH3 is 1. The van der Waals surface area contributed by atoms with Crippen molar-refractivity contribution >= 4 is 23.8 Å². The van der Waals surface area contributed by atoms with E-state index in [1.165, 1.54) is 19.2 Å². The molecule has 5 nitrogen and oxygen atoms in total. The fourth-order valence-electron chi connectivity index (χ4n) is 1.47. The van der Waals surface area contributed by atoms with Crippen LogP contribution in [-0.2, 0) is 4.79 Å². The Morgan fingerprint density at radius 1 is 1.45 bits per heavy atom. The van der Waals surface area contributed by atoms with Gasteiger partial charge >= 0.3 is 0 Å². The van der Waals surface area contributed by atoms with Gasteiger partial charge in [0.2, 0.25) is 0 Å². The number of nitrogens with zero attached hydrogens (tertiary/aromatic N) is 1. The summed E-state index contributed by atoms with van der Waals surface area (Å²) < 4.78 is 10.5. The molecule has 0 spiro atoms. The van der Waals surface area contributed by atoms with Crippen molar-refractivity contribution in [2.45, 2.75) is 19.9 Å². The number of hydrogen-bond donors (Lipinski definition) is 0. The molecule has 0 aliphatic rings. The number of likely N-dealkylation sites (N-methyl/N-ethyl adjacent to an activating group) is 1. The normalized spacial score (nSPS) is 10.3. The van der Waals surface area contributed by atoms with Crippen LogP contribution in [0.5, 0.6) is 11.5 Å². The predicted octanol–water partition coefficient (Wildman–Crippen LogP) is 2.41. The van der Waals surface area contributed by atoms with Crippen LogP contribution in [0.4, 0.5) is 0 Å². The quantitative estimate of drug-likeness (QED) is 0.757. The number of carbonyl (C=O) groups excluding carboxylic acids is 2. The van der Waals surface area contributed by atoms with Crippen LogP contribution in [0.2, 0.25) is 5.02 Å². The average Bonchev–Trinajstić information content (AvgIpc) is 2.43. The Morgan fingerprint density at radius 3 is 2.60 bits per heavy atom. The average molecular weight is 300 g/mol. The number of amides is 1. The standard InChI is InChI=1S/C14H18ClNO4/c1-9(2)16(3)13(18)8-20-14-11(15)5-10(7-17)6-12(14)19-4/h5-7,9H,8H2,1-4H3. The second-order valence-corrected chi connectivity index (χ2v) is 4.95. The van der Waals surface area contributed by atoms with Gasteiger partial charge in [-0.3, -0.25) is 9.59 Å². The van der Waals surface area contributed by atoms with Gasteiger partial charge < -0.3 is 14.4 Å². The molecule has 0 saturated carbocycles. The van der Waals surface area contributed by atoms with E-state index in [9.17, 15) is 9.59 Å². The summed E-state index contributed by atoms with van der Waals surface area (Å²) >= 11 is 6.03. The summed E-state index contributed by atoms with van der Waals surface area (Å²) in [4.78, 5) is 24.2. The van der Waals surface area contributed by atoms with Gasteiger partial charge in [-0.05, 0) is 26.0 Å². The molecule has 20 heavy (non-hydrogen) atoms. The fourth-order valence-corrected chi connectivity index (χ4v) is 1.75. The zero-order chi connectivity index (χ0) is 15.3. The monoisotopic (exact) mass is 299 g/mol. The number of aldehydes is 1. The van der Waals surface area contributed by atoms with Crippen LogP contribution in [0.25, 0.3) is 0 Å². The maximum Gasteiger partial charge on any atom is 0.260 e. The zero-order valence-electron chi connectivity index (χ0n) is 12.0. The molecular formula is C14H18ClNO4. The van der Waals surface area contributed by atoms with Crippen molar-refractivity contribution in [2.75, 3.05) is 20.8 Å². The lowest BCUT2D eigenvalue weighted by Gasteiger charge is -2.22. The van der Waals surface area contributed by atoms with E-state index in [2.05, 4.69) is 0 Å². The fraction of sp³-hybridized carbons (Fsp3) is 0.429.